The van der Waals surface area contributed by atoms with Gasteiger partial charge in [-0.15, -0.1) is 0 Å². The van der Waals surface area contributed by atoms with Crippen LogP contribution in [0.4, 0.5) is 17.6 Å². The Kier molecular flexibility index (Phi) is 10.8. The standard InChI is InChI=1S/C34H38F4O3/c1-3-4-5-6-7-8-21-40-29-20-19-27(31(36)33(29)38)24-13-15-25(16-14-24)41-34(39)28-18-17-26(30(35)32(28)37)23-11-9-22(2)10-12-23/h13-20,22-23H,3-12,21H2,1-2H3. The molecule has 3 nitrogen and oxygen atoms in total. The number of benzene rings is 3. The highest BCUT2D eigenvalue weighted by Gasteiger charge is 2.27. The van der Waals surface area contributed by atoms with E-state index < -0.39 is 34.8 Å². The minimum atomic E-state index is -1.22. The number of hydrogen-bond acceptors (Lipinski definition) is 3. The average molecular weight is 571 g/mol. The van der Waals surface area contributed by atoms with Crippen LogP contribution in [0.25, 0.3) is 11.1 Å². The van der Waals surface area contributed by atoms with Gasteiger partial charge in [0.15, 0.2) is 23.2 Å². The number of rotatable bonds is 12. The molecule has 1 saturated carbocycles. The molecule has 3 aromatic rings. The Bertz CT molecular complexity index is 1310. The van der Waals surface area contributed by atoms with E-state index in [1.54, 1.807) is 0 Å². The molecule has 0 saturated heterocycles. The molecular weight excluding hydrogens is 532 g/mol. The fourth-order valence-corrected chi connectivity index (χ4v) is 5.40. The molecule has 1 aliphatic rings. The second kappa shape index (κ2) is 14.5. The van der Waals surface area contributed by atoms with Gasteiger partial charge in [-0.25, -0.2) is 18.0 Å². The number of ether oxygens (including phenoxy) is 2. The maximum atomic E-state index is 14.9. The van der Waals surface area contributed by atoms with E-state index in [-0.39, 0.29) is 23.0 Å². The Hall–Kier alpha value is -3.35. The van der Waals surface area contributed by atoms with Crippen molar-refractivity contribution in [2.24, 2.45) is 5.92 Å². The van der Waals surface area contributed by atoms with Crippen LogP contribution in [-0.2, 0) is 0 Å². The van der Waals surface area contributed by atoms with Crippen molar-refractivity contribution in [3.8, 4) is 22.6 Å². The van der Waals surface area contributed by atoms with Gasteiger partial charge in [-0.05, 0) is 72.6 Å². The zero-order chi connectivity index (χ0) is 29.4. The van der Waals surface area contributed by atoms with Gasteiger partial charge in [-0.3, -0.25) is 0 Å². The summed E-state index contributed by atoms with van der Waals surface area (Å²) in [5, 5.41) is 0. The van der Waals surface area contributed by atoms with Crippen LogP contribution in [0.5, 0.6) is 11.5 Å². The Labute approximate surface area is 239 Å². The van der Waals surface area contributed by atoms with Crippen LogP contribution in [0.15, 0.2) is 48.5 Å². The van der Waals surface area contributed by atoms with Crippen molar-refractivity contribution >= 4 is 5.97 Å². The van der Waals surface area contributed by atoms with Crippen LogP contribution in [0.3, 0.4) is 0 Å². The predicted molar refractivity (Wildman–Crippen MR) is 152 cm³/mol. The van der Waals surface area contributed by atoms with Gasteiger partial charge in [0.2, 0.25) is 5.82 Å². The summed E-state index contributed by atoms with van der Waals surface area (Å²) in [6.45, 7) is 4.61. The molecule has 220 valence electrons. The molecule has 41 heavy (non-hydrogen) atoms. The molecule has 0 atom stereocenters. The van der Waals surface area contributed by atoms with Gasteiger partial charge in [0.05, 0.1) is 12.2 Å². The lowest BCUT2D eigenvalue weighted by Crippen LogP contribution is -2.16. The van der Waals surface area contributed by atoms with Gasteiger partial charge in [-0.1, -0.05) is 77.0 Å². The van der Waals surface area contributed by atoms with E-state index in [0.29, 0.717) is 23.7 Å². The fraction of sp³-hybridized carbons (Fsp3) is 0.441. The molecule has 0 bridgehead atoms. The maximum absolute atomic E-state index is 14.9. The van der Waals surface area contributed by atoms with E-state index in [1.807, 2.05) is 0 Å². The largest absolute Gasteiger partial charge is 0.490 e. The highest BCUT2D eigenvalue weighted by molar-refractivity contribution is 5.91. The van der Waals surface area contributed by atoms with E-state index in [1.165, 1.54) is 55.0 Å². The average Bonchev–Trinajstić information content (AvgIpc) is 2.97. The third kappa shape index (κ3) is 7.69. The van der Waals surface area contributed by atoms with Crippen molar-refractivity contribution in [1.82, 2.24) is 0 Å². The molecule has 4 rings (SSSR count). The van der Waals surface area contributed by atoms with Gasteiger partial charge in [0.25, 0.3) is 0 Å². The molecule has 0 radical (unpaired) electrons. The molecule has 1 fully saturated rings. The van der Waals surface area contributed by atoms with Gasteiger partial charge in [-0.2, -0.15) is 4.39 Å². The van der Waals surface area contributed by atoms with Crippen LogP contribution in [-0.4, -0.2) is 12.6 Å². The van der Waals surface area contributed by atoms with E-state index in [9.17, 15) is 22.4 Å². The normalized spacial score (nSPS) is 16.9. The third-order valence-electron chi connectivity index (χ3n) is 7.97. The van der Waals surface area contributed by atoms with Crippen molar-refractivity contribution in [2.45, 2.75) is 84.0 Å². The molecule has 7 heteroatoms. The monoisotopic (exact) mass is 570 g/mol. The third-order valence-corrected chi connectivity index (χ3v) is 7.97. The Morgan fingerprint density at radius 1 is 0.756 bits per heavy atom. The minimum absolute atomic E-state index is 0.0214. The molecule has 0 amide bonds. The van der Waals surface area contributed by atoms with Gasteiger partial charge < -0.3 is 9.47 Å². The van der Waals surface area contributed by atoms with E-state index >= 15 is 0 Å². The van der Waals surface area contributed by atoms with Crippen molar-refractivity contribution in [2.75, 3.05) is 6.61 Å². The van der Waals surface area contributed by atoms with Crippen LogP contribution < -0.4 is 9.47 Å². The van der Waals surface area contributed by atoms with Crippen molar-refractivity contribution in [3.63, 3.8) is 0 Å². The fourth-order valence-electron chi connectivity index (χ4n) is 5.40. The van der Waals surface area contributed by atoms with Gasteiger partial charge in [0, 0.05) is 5.56 Å². The number of hydrogen-bond donors (Lipinski definition) is 0. The topological polar surface area (TPSA) is 35.5 Å². The van der Waals surface area contributed by atoms with Crippen LogP contribution in [0, 0.1) is 29.2 Å². The zero-order valence-corrected chi connectivity index (χ0v) is 23.8. The Morgan fingerprint density at radius 2 is 1.44 bits per heavy atom. The van der Waals surface area contributed by atoms with Crippen LogP contribution in [0.2, 0.25) is 0 Å². The van der Waals surface area contributed by atoms with Crippen LogP contribution in [0.1, 0.15) is 99.9 Å². The molecule has 0 heterocycles. The lowest BCUT2D eigenvalue weighted by atomic mass is 9.79. The number of halogens is 4. The second-order valence-electron chi connectivity index (χ2n) is 11.1. The Morgan fingerprint density at radius 3 is 2.15 bits per heavy atom. The molecular formula is C34H38F4O3. The number of unbranched alkanes of at least 4 members (excludes halogenated alkanes) is 5. The minimum Gasteiger partial charge on any atom is -0.490 e. The van der Waals surface area contributed by atoms with Crippen molar-refractivity contribution in [1.29, 1.82) is 0 Å². The number of esters is 1. The summed E-state index contributed by atoms with van der Waals surface area (Å²) < 4.78 is 69.9. The number of carbonyl (C=O) groups is 1. The maximum Gasteiger partial charge on any atom is 0.346 e. The quantitative estimate of drug-likeness (QED) is 0.0941. The summed E-state index contributed by atoms with van der Waals surface area (Å²) in [6.07, 6.45) is 9.84. The van der Waals surface area contributed by atoms with E-state index in [2.05, 4.69) is 13.8 Å². The van der Waals surface area contributed by atoms with Gasteiger partial charge in [0.1, 0.15) is 5.75 Å². The lowest BCUT2D eigenvalue weighted by Gasteiger charge is -2.27. The van der Waals surface area contributed by atoms with Gasteiger partial charge >= 0.3 is 5.97 Å². The molecule has 0 aromatic heterocycles. The summed E-state index contributed by atoms with van der Waals surface area (Å²) in [4.78, 5) is 12.6. The summed E-state index contributed by atoms with van der Waals surface area (Å²) in [6, 6.07) is 11.3. The summed E-state index contributed by atoms with van der Waals surface area (Å²) in [5.41, 5.74) is 0.174. The first-order valence-electron chi connectivity index (χ1n) is 14.7. The lowest BCUT2D eigenvalue weighted by molar-refractivity contribution is 0.0728. The predicted octanol–water partition coefficient (Wildman–Crippen LogP) is 10.2. The first kappa shape index (κ1) is 30.6. The summed E-state index contributed by atoms with van der Waals surface area (Å²) in [5.74, 6) is -4.94. The molecule has 1 aliphatic carbocycles. The number of carbonyl (C=O) groups excluding carboxylic acids is 1. The molecule has 3 aromatic carbocycles. The first-order chi connectivity index (χ1) is 19.8. The summed E-state index contributed by atoms with van der Waals surface area (Å²) >= 11 is 0. The second-order valence-corrected chi connectivity index (χ2v) is 11.1. The smallest absolute Gasteiger partial charge is 0.346 e. The molecule has 0 N–H and O–H groups in total. The highest BCUT2D eigenvalue weighted by Crippen LogP contribution is 2.38. The van der Waals surface area contributed by atoms with Crippen molar-refractivity contribution < 1.29 is 31.8 Å². The SMILES string of the molecule is CCCCCCCCOc1ccc(-c2ccc(OC(=O)c3ccc(C4CCC(C)CC4)c(F)c3F)cc2)c(F)c1F. The van der Waals surface area contributed by atoms with E-state index in [0.717, 1.165) is 57.8 Å². The molecule has 0 spiro atoms. The van der Waals surface area contributed by atoms with E-state index in [4.69, 9.17) is 9.47 Å². The van der Waals surface area contributed by atoms with Crippen molar-refractivity contribution in [3.05, 3.63) is 82.9 Å². The molecule has 0 unspecified atom stereocenters. The summed E-state index contributed by atoms with van der Waals surface area (Å²) in [7, 11) is 0. The Balaban J connectivity index is 1.37. The first-order valence-corrected chi connectivity index (χ1v) is 14.7. The zero-order valence-electron chi connectivity index (χ0n) is 23.8. The molecule has 0 aliphatic heterocycles. The van der Waals surface area contributed by atoms with Crippen LogP contribution >= 0.6 is 0 Å². The highest BCUT2D eigenvalue weighted by atomic mass is 19.2.